The number of carbonyl (C=O) groups is 1. The molecule has 0 saturated carbocycles. The zero-order valence-corrected chi connectivity index (χ0v) is 15.4. The van der Waals surface area contributed by atoms with Gasteiger partial charge < -0.3 is 14.6 Å². The molecule has 1 atom stereocenters. The predicted molar refractivity (Wildman–Crippen MR) is 103 cm³/mol. The highest BCUT2D eigenvalue weighted by molar-refractivity contribution is 5.93. The Morgan fingerprint density at radius 3 is 2.70 bits per heavy atom. The number of nitrogens with one attached hydrogen (secondary N) is 2. The van der Waals surface area contributed by atoms with Crippen molar-refractivity contribution in [2.45, 2.75) is 25.8 Å². The fraction of sp³-hybridized carbons (Fsp3) is 0.333. The largest absolute Gasteiger partial charge is 0.460 e. The van der Waals surface area contributed by atoms with Crippen LogP contribution in [0.25, 0.3) is 11.5 Å². The topological polar surface area (TPSA) is 74.2 Å². The molecule has 0 unspecified atom stereocenters. The molecule has 1 fully saturated rings. The van der Waals surface area contributed by atoms with Gasteiger partial charge in [-0.05, 0) is 50.6 Å². The van der Waals surface area contributed by atoms with Gasteiger partial charge in [0.25, 0.3) is 5.91 Å². The third-order valence-corrected chi connectivity index (χ3v) is 4.96. The highest BCUT2D eigenvalue weighted by atomic mass is 16.3. The molecule has 6 nitrogen and oxygen atoms in total. The summed E-state index contributed by atoms with van der Waals surface area (Å²) in [7, 11) is 0. The van der Waals surface area contributed by atoms with Crippen LogP contribution in [-0.2, 0) is 0 Å². The van der Waals surface area contributed by atoms with Crippen molar-refractivity contribution in [1.29, 1.82) is 0 Å². The van der Waals surface area contributed by atoms with E-state index in [4.69, 9.17) is 4.42 Å². The number of nitrogens with zero attached hydrogens (tertiary/aromatic N) is 2. The van der Waals surface area contributed by atoms with Crippen molar-refractivity contribution in [2.24, 2.45) is 0 Å². The molecule has 3 aromatic rings. The van der Waals surface area contributed by atoms with Crippen molar-refractivity contribution in [3.63, 3.8) is 0 Å². The monoisotopic (exact) mass is 364 g/mol. The van der Waals surface area contributed by atoms with Gasteiger partial charge in [0.15, 0.2) is 11.5 Å². The average Bonchev–Trinajstić information content (AvgIpc) is 3.43. The summed E-state index contributed by atoms with van der Waals surface area (Å²) < 4.78 is 5.59. The van der Waals surface area contributed by atoms with Gasteiger partial charge in [0.05, 0.1) is 6.04 Å². The lowest BCUT2D eigenvalue weighted by Crippen LogP contribution is -2.37. The lowest BCUT2D eigenvalue weighted by Gasteiger charge is -2.24. The van der Waals surface area contributed by atoms with Crippen molar-refractivity contribution in [3.8, 4) is 11.5 Å². The fourth-order valence-electron chi connectivity index (χ4n) is 3.52. The summed E-state index contributed by atoms with van der Waals surface area (Å²) in [4.78, 5) is 15.2. The van der Waals surface area contributed by atoms with E-state index in [1.54, 1.807) is 6.07 Å². The van der Waals surface area contributed by atoms with E-state index in [1.807, 2.05) is 37.3 Å². The van der Waals surface area contributed by atoms with Gasteiger partial charge >= 0.3 is 0 Å². The molecule has 0 radical (unpaired) electrons. The molecular formula is C21H24N4O2. The molecule has 1 amide bonds. The van der Waals surface area contributed by atoms with Crippen molar-refractivity contribution in [2.75, 3.05) is 19.6 Å². The van der Waals surface area contributed by atoms with Gasteiger partial charge in [-0.25, -0.2) is 0 Å². The van der Waals surface area contributed by atoms with E-state index in [1.165, 1.54) is 12.8 Å². The summed E-state index contributed by atoms with van der Waals surface area (Å²) in [6.45, 7) is 4.87. The Morgan fingerprint density at radius 2 is 2.00 bits per heavy atom. The summed E-state index contributed by atoms with van der Waals surface area (Å²) in [6.07, 6.45) is 2.45. The van der Waals surface area contributed by atoms with Crippen LogP contribution in [0.15, 0.2) is 52.9 Å². The third-order valence-electron chi connectivity index (χ3n) is 4.96. The van der Waals surface area contributed by atoms with Crippen LogP contribution in [0, 0.1) is 6.92 Å². The number of carbonyl (C=O) groups excluding carboxylic acids is 1. The Labute approximate surface area is 158 Å². The van der Waals surface area contributed by atoms with E-state index in [2.05, 4.69) is 32.5 Å². The number of H-pyrrole nitrogens is 1. The first-order valence-electron chi connectivity index (χ1n) is 9.39. The van der Waals surface area contributed by atoms with Crippen molar-refractivity contribution in [3.05, 3.63) is 65.5 Å². The molecule has 2 N–H and O–H groups in total. The van der Waals surface area contributed by atoms with E-state index in [-0.39, 0.29) is 11.9 Å². The summed E-state index contributed by atoms with van der Waals surface area (Å²) in [5.41, 5.74) is 2.17. The summed E-state index contributed by atoms with van der Waals surface area (Å²) >= 11 is 0. The summed E-state index contributed by atoms with van der Waals surface area (Å²) in [6, 6.07) is 15.5. The Hall–Kier alpha value is -2.86. The molecule has 2 aromatic heterocycles. The standard InChI is InChI=1S/C21H24N4O2/c1-15-9-10-20(27-15)17-13-18(24-23-17)21(26)22-19(14-25-11-5-6-12-25)16-7-3-2-4-8-16/h2-4,7-10,13,19H,5-6,11-12,14H2,1H3,(H,22,26)(H,23,24)/t19-/m1/s1. The minimum absolute atomic E-state index is 0.0668. The van der Waals surface area contributed by atoms with Gasteiger partial charge in [-0.1, -0.05) is 30.3 Å². The number of aromatic nitrogens is 2. The molecule has 4 rings (SSSR count). The van der Waals surface area contributed by atoms with Gasteiger partial charge in [-0.2, -0.15) is 5.10 Å². The van der Waals surface area contributed by atoms with Gasteiger partial charge in [0.1, 0.15) is 11.5 Å². The second-order valence-corrected chi connectivity index (χ2v) is 7.02. The van der Waals surface area contributed by atoms with Gasteiger partial charge in [0, 0.05) is 12.6 Å². The first-order valence-corrected chi connectivity index (χ1v) is 9.39. The number of hydrogen-bond acceptors (Lipinski definition) is 4. The SMILES string of the molecule is Cc1ccc(-c2cc(C(=O)N[C@H](CN3CCCC3)c3ccccc3)n[nH]2)o1. The molecule has 1 aromatic carbocycles. The van der Waals surface area contributed by atoms with Crippen LogP contribution in [0.5, 0.6) is 0 Å². The molecular weight excluding hydrogens is 340 g/mol. The number of furan rings is 1. The summed E-state index contributed by atoms with van der Waals surface area (Å²) in [5.74, 6) is 1.31. The predicted octanol–water partition coefficient (Wildman–Crippen LogP) is 3.55. The van der Waals surface area contributed by atoms with E-state index in [9.17, 15) is 4.79 Å². The number of likely N-dealkylation sites (tertiary alicyclic amines) is 1. The Kier molecular flexibility index (Phi) is 5.07. The number of aryl methyl sites for hydroxylation is 1. The van der Waals surface area contributed by atoms with Crippen LogP contribution in [0.4, 0.5) is 0 Å². The lowest BCUT2D eigenvalue weighted by molar-refractivity contribution is 0.0922. The molecule has 3 heterocycles. The zero-order valence-electron chi connectivity index (χ0n) is 15.4. The van der Waals surface area contributed by atoms with E-state index < -0.39 is 0 Å². The van der Waals surface area contributed by atoms with Crippen LogP contribution in [-0.4, -0.2) is 40.6 Å². The Morgan fingerprint density at radius 1 is 1.22 bits per heavy atom. The molecule has 0 bridgehead atoms. The second-order valence-electron chi connectivity index (χ2n) is 7.02. The maximum atomic E-state index is 12.8. The van der Waals surface area contributed by atoms with Crippen molar-refractivity contribution >= 4 is 5.91 Å². The first-order chi connectivity index (χ1) is 13.2. The van der Waals surface area contributed by atoms with Gasteiger partial charge in [-0.3, -0.25) is 9.89 Å². The van der Waals surface area contributed by atoms with Crippen LogP contribution in [0.1, 0.15) is 40.7 Å². The first kappa shape index (κ1) is 17.5. The van der Waals surface area contributed by atoms with Gasteiger partial charge in [0.2, 0.25) is 0 Å². The zero-order chi connectivity index (χ0) is 18.6. The fourth-order valence-corrected chi connectivity index (χ4v) is 3.52. The molecule has 0 aliphatic carbocycles. The van der Waals surface area contributed by atoms with Crippen LogP contribution >= 0.6 is 0 Å². The molecule has 1 saturated heterocycles. The average molecular weight is 364 g/mol. The molecule has 0 spiro atoms. The molecule has 6 heteroatoms. The molecule has 140 valence electrons. The number of benzene rings is 1. The highest BCUT2D eigenvalue weighted by Gasteiger charge is 2.22. The summed E-state index contributed by atoms with van der Waals surface area (Å²) in [5, 5.41) is 10.2. The minimum atomic E-state index is -0.186. The van der Waals surface area contributed by atoms with Crippen molar-refractivity contribution in [1.82, 2.24) is 20.4 Å². The number of amides is 1. The molecule has 27 heavy (non-hydrogen) atoms. The second kappa shape index (κ2) is 7.80. The third kappa shape index (κ3) is 4.11. The Balaban J connectivity index is 1.50. The van der Waals surface area contributed by atoms with Crippen molar-refractivity contribution < 1.29 is 9.21 Å². The maximum absolute atomic E-state index is 12.8. The van der Waals surface area contributed by atoms with E-state index in [0.717, 1.165) is 31.0 Å². The number of hydrogen-bond donors (Lipinski definition) is 2. The lowest BCUT2D eigenvalue weighted by atomic mass is 10.1. The highest BCUT2D eigenvalue weighted by Crippen LogP contribution is 2.22. The van der Waals surface area contributed by atoms with Crippen LogP contribution in [0.3, 0.4) is 0 Å². The Bertz CT molecular complexity index is 894. The van der Waals surface area contributed by atoms with Crippen LogP contribution in [0.2, 0.25) is 0 Å². The normalized spacial score (nSPS) is 15.7. The quantitative estimate of drug-likeness (QED) is 0.701. The maximum Gasteiger partial charge on any atom is 0.272 e. The minimum Gasteiger partial charge on any atom is -0.460 e. The smallest absolute Gasteiger partial charge is 0.272 e. The number of rotatable bonds is 6. The molecule has 1 aliphatic rings. The number of aromatic amines is 1. The van der Waals surface area contributed by atoms with E-state index >= 15 is 0 Å². The molecule has 1 aliphatic heterocycles. The van der Waals surface area contributed by atoms with E-state index in [0.29, 0.717) is 17.1 Å². The van der Waals surface area contributed by atoms with Crippen LogP contribution < -0.4 is 5.32 Å². The van der Waals surface area contributed by atoms with Gasteiger partial charge in [-0.15, -0.1) is 0 Å².